The Kier molecular flexibility index (Phi) is 7.75. The van der Waals surface area contributed by atoms with Gasteiger partial charge in [-0.1, -0.05) is 13.8 Å². The lowest BCUT2D eigenvalue weighted by Gasteiger charge is -2.32. The SMILES string of the molecule is CC(C)C(NC(=O)OC(C)(C)C)C(=O)N1CCC(N(c2ncc(B3OC(C)(C)C(C)(C)O3)cn2)C2CC2)C1. The molecule has 2 atom stereocenters. The zero-order valence-corrected chi connectivity index (χ0v) is 24.4. The van der Waals surface area contributed by atoms with Gasteiger partial charge in [0.05, 0.1) is 17.2 Å². The third-order valence-electron chi connectivity index (χ3n) is 7.83. The molecule has 0 spiro atoms. The summed E-state index contributed by atoms with van der Waals surface area (Å²) in [6.07, 6.45) is 6.00. The van der Waals surface area contributed by atoms with Crippen LogP contribution in [0.5, 0.6) is 0 Å². The fraction of sp³-hybridized carbons (Fsp3) is 0.778. The van der Waals surface area contributed by atoms with Gasteiger partial charge in [-0.25, -0.2) is 14.8 Å². The van der Waals surface area contributed by atoms with Gasteiger partial charge in [-0.2, -0.15) is 0 Å². The number of ether oxygens (including phenoxy) is 1. The molecular weight excluding hydrogens is 485 g/mol. The Hall–Kier alpha value is -2.40. The van der Waals surface area contributed by atoms with Gasteiger partial charge < -0.3 is 29.2 Å². The molecule has 0 bridgehead atoms. The minimum absolute atomic E-state index is 0.0699. The van der Waals surface area contributed by atoms with Crippen molar-refractivity contribution in [3.05, 3.63) is 12.4 Å². The smallest absolute Gasteiger partial charge is 0.444 e. The average molecular weight is 529 g/mol. The van der Waals surface area contributed by atoms with Gasteiger partial charge in [-0.3, -0.25) is 4.79 Å². The van der Waals surface area contributed by atoms with Crippen molar-refractivity contribution in [3.8, 4) is 0 Å². The minimum Gasteiger partial charge on any atom is -0.444 e. The fourth-order valence-corrected chi connectivity index (χ4v) is 4.86. The first-order valence-corrected chi connectivity index (χ1v) is 13.8. The van der Waals surface area contributed by atoms with Gasteiger partial charge in [0.2, 0.25) is 11.9 Å². The lowest BCUT2D eigenvalue weighted by atomic mass is 9.81. The first-order chi connectivity index (χ1) is 17.6. The lowest BCUT2D eigenvalue weighted by Crippen LogP contribution is -2.52. The van der Waals surface area contributed by atoms with Crippen molar-refractivity contribution in [2.45, 2.75) is 117 Å². The van der Waals surface area contributed by atoms with Crippen molar-refractivity contribution in [2.75, 3.05) is 18.0 Å². The molecule has 11 heteroatoms. The summed E-state index contributed by atoms with van der Waals surface area (Å²) >= 11 is 0. The molecule has 1 aromatic rings. The number of carbonyl (C=O) groups excluding carboxylic acids is 2. The summed E-state index contributed by atoms with van der Waals surface area (Å²) in [4.78, 5) is 39.4. The lowest BCUT2D eigenvalue weighted by molar-refractivity contribution is -0.133. The molecule has 3 fully saturated rings. The van der Waals surface area contributed by atoms with Gasteiger partial charge in [0, 0.05) is 37.0 Å². The van der Waals surface area contributed by atoms with Gasteiger partial charge in [0.1, 0.15) is 11.6 Å². The van der Waals surface area contributed by atoms with E-state index in [1.54, 1.807) is 33.2 Å². The largest absolute Gasteiger partial charge is 0.498 e. The van der Waals surface area contributed by atoms with Crippen LogP contribution in [0, 0.1) is 5.92 Å². The number of nitrogens with zero attached hydrogens (tertiary/aromatic N) is 4. The molecule has 1 aliphatic carbocycles. The Labute approximate surface area is 227 Å². The molecule has 3 aliphatic rings. The summed E-state index contributed by atoms with van der Waals surface area (Å²) in [7, 11) is -0.506. The van der Waals surface area contributed by atoms with Crippen molar-refractivity contribution in [3.63, 3.8) is 0 Å². The maximum Gasteiger partial charge on any atom is 0.498 e. The summed E-state index contributed by atoms with van der Waals surface area (Å²) in [5.74, 6) is 0.514. The fourth-order valence-electron chi connectivity index (χ4n) is 4.86. The molecule has 1 N–H and O–H groups in total. The molecule has 1 aromatic heterocycles. The van der Waals surface area contributed by atoms with Crippen LogP contribution >= 0.6 is 0 Å². The van der Waals surface area contributed by atoms with Crippen molar-refractivity contribution >= 4 is 30.5 Å². The number of likely N-dealkylation sites (tertiary alicyclic amines) is 1. The average Bonchev–Trinajstić information content (AvgIpc) is 3.45. The number of rotatable bonds is 7. The number of aromatic nitrogens is 2. The highest BCUT2D eigenvalue weighted by Gasteiger charge is 2.52. The topological polar surface area (TPSA) is 106 Å². The molecule has 2 saturated heterocycles. The second kappa shape index (κ2) is 10.3. The van der Waals surface area contributed by atoms with Crippen LogP contribution in [0.3, 0.4) is 0 Å². The van der Waals surface area contributed by atoms with E-state index in [1.807, 2.05) is 46.4 Å². The van der Waals surface area contributed by atoms with E-state index in [4.69, 9.17) is 24.0 Å². The van der Waals surface area contributed by atoms with E-state index in [2.05, 4.69) is 10.2 Å². The number of carbonyl (C=O) groups is 2. The Morgan fingerprint density at radius 2 is 1.66 bits per heavy atom. The third-order valence-corrected chi connectivity index (χ3v) is 7.83. The highest BCUT2D eigenvalue weighted by molar-refractivity contribution is 6.61. The van der Waals surface area contributed by atoms with Crippen LogP contribution in [-0.4, -0.2) is 82.0 Å². The Morgan fingerprint density at radius 3 is 2.16 bits per heavy atom. The van der Waals surface area contributed by atoms with Crippen molar-refractivity contribution in [1.29, 1.82) is 0 Å². The first-order valence-electron chi connectivity index (χ1n) is 13.8. The molecule has 10 nitrogen and oxygen atoms in total. The van der Waals surface area contributed by atoms with E-state index < -0.39 is 36.1 Å². The van der Waals surface area contributed by atoms with E-state index in [0.717, 1.165) is 24.7 Å². The second-order valence-electron chi connectivity index (χ2n) is 13.1. The van der Waals surface area contributed by atoms with Gasteiger partial charge in [-0.05, 0) is 73.6 Å². The number of hydrogen-bond donors (Lipinski definition) is 1. The van der Waals surface area contributed by atoms with Crippen LogP contribution in [-0.2, 0) is 18.8 Å². The Bertz CT molecular complexity index is 1010. The van der Waals surface area contributed by atoms with Crippen LogP contribution in [0.25, 0.3) is 0 Å². The zero-order valence-electron chi connectivity index (χ0n) is 24.4. The molecule has 38 heavy (non-hydrogen) atoms. The molecular formula is C27H44BN5O5. The van der Waals surface area contributed by atoms with Gasteiger partial charge in [0.25, 0.3) is 0 Å². The summed E-state index contributed by atoms with van der Waals surface area (Å²) in [6, 6.07) is -0.157. The van der Waals surface area contributed by atoms with Crippen LogP contribution in [0.1, 0.15) is 81.6 Å². The highest BCUT2D eigenvalue weighted by atomic mass is 16.7. The number of amides is 2. The van der Waals surface area contributed by atoms with Crippen LogP contribution in [0.4, 0.5) is 10.7 Å². The predicted octanol–water partition coefficient (Wildman–Crippen LogP) is 2.89. The number of alkyl carbamates (subject to hydrolysis) is 1. The van der Waals surface area contributed by atoms with E-state index >= 15 is 0 Å². The monoisotopic (exact) mass is 529 g/mol. The van der Waals surface area contributed by atoms with Crippen molar-refractivity contribution in [1.82, 2.24) is 20.2 Å². The molecule has 1 saturated carbocycles. The maximum absolute atomic E-state index is 13.5. The molecule has 4 rings (SSSR count). The molecule has 3 heterocycles. The Balaban J connectivity index is 1.42. The minimum atomic E-state index is -0.645. The number of nitrogens with one attached hydrogen (secondary N) is 1. The number of hydrogen-bond acceptors (Lipinski definition) is 8. The molecule has 0 radical (unpaired) electrons. The summed E-state index contributed by atoms with van der Waals surface area (Å²) in [5, 5.41) is 2.79. The molecule has 210 valence electrons. The van der Waals surface area contributed by atoms with Gasteiger partial charge in [0.15, 0.2) is 0 Å². The normalized spacial score (nSPS) is 23.5. The van der Waals surface area contributed by atoms with Crippen LogP contribution < -0.4 is 15.7 Å². The van der Waals surface area contributed by atoms with Crippen LogP contribution in [0.2, 0.25) is 0 Å². The first kappa shape index (κ1) is 28.6. The molecule has 2 unspecified atom stereocenters. The third kappa shape index (κ3) is 6.25. The highest BCUT2D eigenvalue weighted by Crippen LogP contribution is 2.37. The quantitative estimate of drug-likeness (QED) is 0.538. The Morgan fingerprint density at radius 1 is 1.08 bits per heavy atom. The van der Waals surface area contributed by atoms with Gasteiger partial charge >= 0.3 is 13.2 Å². The molecule has 2 amide bonds. The van der Waals surface area contributed by atoms with E-state index in [9.17, 15) is 9.59 Å². The summed E-state index contributed by atoms with van der Waals surface area (Å²) < 4.78 is 17.7. The van der Waals surface area contributed by atoms with E-state index in [0.29, 0.717) is 25.1 Å². The summed E-state index contributed by atoms with van der Waals surface area (Å²) in [5.41, 5.74) is -0.694. The number of anilines is 1. The van der Waals surface area contributed by atoms with Gasteiger partial charge in [-0.15, -0.1) is 0 Å². The van der Waals surface area contributed by atoms with Crippen LogP contribution in [0.15, 0.2) is 12.4 Å². The standard InChI is InChI=1S/C27H44BN5O5/c1-17(2)21(31-24(35)36-25(3,4)5)22(34)32-13-12-20(16-32)33(19-10-11-19)23-29-14-18(15-30-23)28-37-26(6,7)27(8,9)38-28/h14-15,17,19-21H,10-13,16H2,1-9H3,(H,31,35). The van der Waals surface area contributed by atoms with Crippen molar-refractivity contribution in [2.24, 2.45) is 5.92 Å². The second-order valence-corrected chi connectivity index (χ2v) is 13.1. The zero-order chi connectivity index (χ0) is 28.0. The van der Waals surface area contributed by atoms with Crippen molar-refractivity contribution < 1.29 is 23.6 Å². The molecule has 0 aromatic carbocycles. The van der Waals surface area contributed by atoms with E-state index in [-0.39, 0.29) is 17.9 Å². The summed E-state index contributed by atoms with van der Waals surface area (Å²) in [6.45, 7) is 18.6. The predicted molar refractivity (Wildman–Crippen MR) is 146 cm³/mol. The van der Waals surface area contributed by atoms with E-state index in [1.165, 1.54) is 0 Å². The maximum atomic E-state index is 13.5. The molecule has 2 aliphatic heterocycles.